The molecule has 0 bridgehead atoms. The van der Waals surface area contributed by atoms with Gasteiger partial charge in [0.25, 0.3) is 5.91 Å². The fraction of sp³-hybridized carbons (Fsp3) is 0.333. The minimum atomic E-state index is -4.47. The van der Waals surface area contributed by atoms with E-state index in [1.807, 2.05) is 29.2 Å². The van der Waals surface area contributed by atoms with Crippen molar-refractivity contribution in [3.8, 4) is 0 Å². The molecule has 0 radical (unpaired) electrons. The van der Waals surface area contributed by atoms with Crippen molar-refractivity contribution >= 4 is 23.7 Å². The number of halogens is 4. The van der Waals surface area contributed by atoms with Crippen molar-refractivity contribution in [3.05, 3.63) is 70.2 Å². The molecule has 160 valence electrons. The number of amides is 1. The normalized spacial score (nSPS) is 16.1. The lowest BCUT2D eigenvalue weighted by atomic mass is 10.1. The van der Waals surface area contributed by atoms with Gasteiger partial charge in [0.2, 0.25) is 0 Å². The smallest absolute Gasteiger partial charge is 0.297 e. The quantitative estimate of drug-likeness (QED) is 0.553. The van der Waals surface area contributed by atoms with Gasteiger partial charge >= 0.3 is 6.18 Å². The number of nitrogens with zero attached hydrogens (tertiary/aromatic N) is 3. The zero-order valence-electron chi connectivity index (χ0n) is 16.2. The Hall–Kier alpha value is -2.42. The van der Waals surface area contributed by atoms with Gasteiger partial charge in [0.15, 0.2) is 0 Å². The molecule has 1 heterocycles. The molecule has 0 atom stereocenters. The summed E-state index contributed by atoms with van der Waals surface area (Å²) in [7, 11) is 0. The van der Waals surface area contributed by atoms with Gasteiger partial charge in [0.1, 0.15) is 0 Å². The first-order chi connectivity index (χ1) is 14.3. The molecule has 0 aromatic heterocycles. The molecule has 2 aromatic carbocycles. The highest BCUT2D eigenvalue weighted by molar-refractivity contribution is 6.30. The van der Waals surface area contributed by atoms with Crippen molar-refractivity contribution in [2.24, 2.45) is 5.10 Å². The molecule has 1 aliphatic heterocycles. The number of hydrogen-bond donors (Lipinski definition) is 1. The third-order valence-corrected chi connectivity index (χ3v) is 5.06. The average molecular weight is 439 g/mol. The van der Waals surface area contributed by atoms with Crippen molar-refractivity contribution in [2.45, 2.75) is 12.7 Å². The topological polar surface area (TPSA) is 47.9 Å². The molecule has 9 heteroatoms. The first kappa shape index (κ1) is 22.3. The molecular formula is C21H22ClF3N4O. The van der Waals surface area contributed by atoms with Gasteiger partial charge in [0.05, 0.1) is 18.3 Å². The second kappa shape index (κ2) is 10.1. The molecule has 0 unspecified atom stereocenters. The highest BCUT2D eigenvalue weighted by Crippen LogP contribution is 2.31. The number of carbonyl (C=O) groups excluding carboxylic acids is 1. The molecule has 0 saturated carbocycles. The molecule has 0 aliphatic carbocycles. The van der Waals surface area contributed by atoms with Crippen LogP contribution < -0.4 is 5.43 Å². The van der Waals surface area contributed by atoms with Crippen molar-refractivity contribution in [1.82, 2.24) is 15.2 Å². The van der Waals surface area contributed by atoms with Crippen molar-refractivity contribution in [3.63, 3.8) is 0 Å². The summed E-state index contributed by atoms with van der Waals surface area (Å²) >= 11 is 5.90. The largest absolute Gasteiger partial charge is 0.417 e. The minimum absolute atomic E-state index is 0.0962. The van der Waals surface area contributed by atoms with Crippen LogP contribution in [-0.2, 0) is 17.5 Å². The summed E-state index contributed by atoms with van der Waals surface area (Å²) < 4.78 is 38.9. The van der Waals surface area contributed by atoms with E-state index < -0.39 is 11.7 Å². The van der Waals surface area contributed by atoms with Crippen LogP contribution in [-0.4, -0.2) is 54.6 Å². The third-order valence-electron chi connectivity index (χ3n) is 4.81. The number of hydrogen-bond acceptors (Lipinski definition) is 4. The van der Waals surface area contributed by atoms with E-state index in [0.29, 0.717) is 5.02 Å². The van der Waals surface area contributed by atoms with Crippen LogP contribution in [0, 0.1) is 0 Å². The SMILES string of the molecule is O=C(CN1CCN(Cc2ccc(Cl)cc2)CC1)N/N=C/c1ccccc1C(F)(F)F. The van der Waals surface area contributed by atoms with E-state index in [1.165, 1.54) is 23.8 Å². The maximum absolute atomic E-state index is 13.0. The Balaban J connectivity index is 1.43. The molecule has 3 rings (SSSR count). The number of nitrogens with one attached hydrogen (secondary N) is 1. The standard InChI is InChI=1S/C21H22ClF3N4O/c22-18-7-5-16(6-8-18)14-28-9-11-29(12-10-28)15-20(30)27-26-13-17-3-1-2-4-19(17)21(23,24)25/h1-8,13H,9-12,14-15H2,(H,27,30)/b26-13+. The molecule has 30 heavy (non-hydrogen) atoms. The zero-order chi connectivity index (χ0) is 21.6. The molecule has 1 fully saturated rings. The number of hydrazone groups is 1. The molecule has 5 nitrogen and oxygen atoms in total. The number of benzene rings is 2. The average Bonchev–Trinajstić information content (AvgIpc) is 2.71. The van der Waals surface area contributed by atoms with Gasteiger partial charge in [0, 0.05) is 43.3 Å². The molecule has 1 amide bonds. The number of rotatable bonds is 6. The second-order valence-corrected chi connectivity index (χ2v) is 7.49. The van der Waals surface area contributed by atoms with Crippen LogP contribution in [0.5, 0.6) is 0 Å². The van der Waals surface area contributed by atoms with Crippen LogP contribution in [0.3, 0.4) is 0 Å². The summed E-state index contributed by atoms with van der Waals surface area (Å²) in [6.07, 6.45) is -3.46. The number of piperazine rings is 1. The maximum Gasteiger partial charge on any atom is 0.417 e. The van der Waals surface area contributed by atoms with Gasteiger partial charge in [-0.2, -0.15) is 18.3 Å². The van der Waals surface area contributed by atoms with E-state index in [4.69, 9.17) is 11.6 Å². The van der Waals surface area contributed by atoms with Gasteiger partial charge in [-0.05, 0) is 23.8 Å². The van der Waals surface area contributed by atoms with Gasteiger partial charge in [-0.3, -0.25) is 14.6 Å². The first-order valence-corrected chi connectivity index (χ1v) is 9.86. The maximum atomic E-state index is 13.0. The van der Waals surface area contributed by atoms with E-state index in [1.54, 1.807) is 0 Å². The Labute approximate surface area is 178 Å². The fourth-order valence-electron chi connectivity index (χ4n) is 3.23. The Morgan fingerprint density at radius 1 is 1.03 bits per heavy atom. The fourth-order valence-corrected chi connectivity index (χ4v) is 3.36. The van der Waals surface area contributed by atoms with Crippen molar-refractivity contribution in [2.75, 3.05) is 32.7 Å². The van der Waals surface area contributed by atoms with Crippen LogP contribution in [0.2, 0.25) is 5.02 Å². The van der Waals surface area contributed by atoms with Gasteiger partial charge < -0.3 is 0 Å². The zero-order valence-corrected chi connectivity index (χ0v) is 17.0. The summed E-state index contributed by atoms with van der Waals surface area (Å²) in [5.41, 5.74) is 2.60. The van der Waals surface area contributed by atoms with Crippen LogP contribution in [0.4, 0.5) is 13.2 Å². The third kappa shape index (κ3) is 6.55. The Morgan fingerprint density at radius 2 is 1.67 bits per heavy atom. The predicted octanol–water partition coefficient (Wildman–Crippen LogP) is 3.63. The molecule has 1 saturated heterocycles. The van der Waals surface area contributed by atoms with Gasteiger partial charge in [-0.25, -0.2) is 5.43 Å². The summed E-state index contributed by atoms with van der Waals surface area (Å²) in [4.78, 5) is 16.4. The van der Waals surface area contributed by atoms with Crippen molar-refractivity contribution < 1.29 is 18.0 Å². The first-order valence-electron chi connectivity index (χ1n) is 9.48. The van der Waals surface area contributed by atoms with Crippen molar-refractivity contribution in [1.29, 1.82) is 0 Å². The monoisotopic (exact) mass is 438 g/mol. The number of alkyl halides is 3. The van der Waals surface area contributed by atoms with Gasteiger partial charge in [-0.15, -0.1) is 0 Å². The highest BCUT2D eigenvalue weighted by Gasteiger charge is 2.32. The van der Waals surface area contributed by atoms with Crippen LogP contribution in [0.15, 0.2) is 53.6 Å². The van der Waals surface area contributed by atoms with E-state index in [9.17, 15) is 18.0 Å². The van der Waals surface area contributed by atoms with E-state index in [0.717, 1.165) is 45.0 Å². The lowest BCUT2D eigenvalue weighted by Gasteiger charge is -2.34. The van der Waals surface area contributed by atoms with E-state index in [-0.39, 0.29) is 18.0 Å². The molecule has 1 N–H and O–H groups in total. The lowest BCUT2D eigenvalue weighted by molar-refractivity contribution is -0.137. The van der Waals surface area contributed by atoms with Gasteiger partial charge in [-0.1, -0.05) is 41.9 Å². The molecule has 0 spiro atoms. The molecular weight excluding hydrogens is 417 g/mol. The minimum Gasteiger partial charge on any atom is -0.297 e. The van der Waals surface area contributed by atoms with Crippen LogP contribution >= 0.6 is 11.6 Å². The Morgan fingerprint density at radius 3 is 2.33 bits per heavy atom. The van der Waals surface area contributed by atoms with Crippen LogP contribution in [0.1, 0.15) is 16.7 Å². The molecule has 2 aromatic rings. The Bertz CT molecular complexity index is 879. The lowest BCUT2D eigenvalue weighted by Crippen LogP contribution is -2.48. The van der Waals surface area contributed by atoms with E-state index in [2.05, 4.69) is 15.4 Å². The Kier molecular flexibility index (Phi) is 7.47. The second-order valence-electron chi connectivity index (χ2n) is 7.06. The summed E-state index contributed by atoms with van der Waals surface area (Å²) in [6, 6.07) is 12.8. The highest BCUT2D eigenvalue weighted by atomic mass is 35.5. The number of carbonyl (C=O) groups is 1. The summed E-state index contributed by atoms with van der Waals surface area (Å²) in [5, 5.41) is 4.39. The summed E-state index contributed by atoms with van der Waals surface area (Å²) in [5.74, 6) is -0.359. The van der Waals surface area contributed by atoms with Crippen LogP contribution in [0.25, 0.3) is 0 Å². The summed E-state index contributed by atoms with van der Waals surface area (Å²) in [6.45, 7) is 4.05. The predicted molar refractivity (Wildman–Crippen MR) is 110 cm³/mol. The molecule has 1 aliphatic rings. The van der Waals surface area contributed by atoms with E-state index >= 15 is 0 Å².